The largest absolute Gasteiger partial charge is 0.374 e. The van der Waals surface area contributed by atoms with Gasteiger partial charge in [-0.2, -0.15) is 0 Å². The molecule has 0 fully saturated rings. The molecular weight excluding hydrogens is 472 g/mol. The molecule has 2 heterocycles. The Balaban J connectivity index is 1.63. The summed E-state index contributed by atoms with van der Waals surface area (Å²) in [4.78, 5) is 17.7. The first-order chi connectivity index (χ1) is 17.4. The number of aromatic nitrogens is 4. The van der Waals surface area contributed by atoms with Crippen molar-refractivity contribution >= 4 is 33.4 Å². The lowest BCUT2D eigenvalue weighted by Crippen LogP contribution is -2.31. The molecule has 0 aliphatic rings. The van der Waals surface area contributed by atoms with Crippen molar-refractivity contribution < 1.29 is 5.11 Å². The van der Waals surface area contributed by atoms with Gasteiger partial charge in [-0.05, 0) is 58.3 Å². The van der Waals surface area contributed by atoms with Crippen molar-refractivity contribution in [3.63, 3.8) is 0 Å². The normalized spacial score (nSPS) is 13.3. The van der Waals surface area contributed by atoms with Crippen LogP contribution in [-0.2, 0) is 19.7 Å². The third-order valence-corrected chi connectivity index (χ3v) is 7.17. The molecule has 6 aromatic rings. The maximum Gasteiger partial charge on any atom is 0.333 e. The summed E-state index contributed by atoms with van der Waals surface area (Å²) in [6, 6.07) is 26.8. The predicted molar refractivity (Wildman–Crippen MR) is 143 cm³/mol. The topological polar surface area (TPSA) is 65.0 Å². The van der Waals surface area contributed by atoms with Gasteiger partial charge < -0.3 is 9.67 Å². The van der Waals surface area contributed by atoms with E-state index in [1.165, 1.54) is 0 Å². The van der Waals surface area contributed by atoms with Crippen molar-refractivity contribution in [3.05, 3.63) is 130 Å². The Morgan fingerprint density at radius 1 is 0.833 bits per heavy atom. The minimum atomic E-state index is -1.52. The third-order valence-electron chi connectivity index (χ3n) is 6.91. The van der Waals surface area contributed by atoms with Crippen molar-refractivity contribution in [1.29, 1.82) is 0 Å². The van der Waals surface area contributed by atoms with Gasteiger partial charge in [0.1, 0.15) is 0 Å². The van der Waals surface area contributed by atoms with Crippen molar-refractivity contribution in [2.75, 3.05) is 0 Å². The molecule has 6 nitrogen and oxygen atoms in total. The molecule has 178 valence electrons. The SMILES string of the molecule is Cn1cncc1C(O)(c1ccc(Cl)cc1)c1ccc2c(c1)n(-c1ccc3ccccc3c1)c(=O)n2C. The lowest BCUT2D eigenvalue weighted by atomic mass is 9.83. The first-order valence-corrected chi connectivity index (χ1v) is 11.9. The first-order valence-electron chi connectivity index (χ1n) is 11.5. The summed E-state index contributed by atoms with van der Waals surface area (Å²) in [7, 11) is 3.60. The smallest absolute Gasteiger partial charge is 0.333 e. The summed E-state index contributed by atoms with van der Waals surface area (Å²) in [6.07, 6.45) is 3.31. The van der Waals surface area contributed by atoms with Crippen LogP contribution < -0.4 is 5.69 Å². The zero-order valence-electron chi connectivity index (χ0n) is 19.8. The molecule has 1 N–H and O–H groups in total. The Labute approximate surface area is 212 Å². The van der Waals surface area contributed by atoms with Gasteiger partial charge in [0.05, 0.1) is 34.9 Å². The zero-order valence-corrected chi connectivity index (χ0v) is 20.5. The van der Waals surface area contributed by atoms with E-state index >= 15 is 0 Å². The van der Waals surface area contributed by atoms with E-state index in [0.717, 1.165) is 22.0 Å². The van der Waals surface area contributed by atoms with Gasteiger partial charge in [0.15, 0.2) is 5.60 Å². The van der Waals surface area contributed by atoms with Crippen molar-refractivity contribution in [3.8, 4) is 5.69 Å². The average molecular weight is 495 g/mol. The number of halogens is 1. The van der Waals surface area contributed by atoms with E-state index in [2.05, 4.69) is 4.98 Å². The van der Waals surface area contributed by atoms with E-state index in [1.54, 1.807) is 57.5 Å². The fourth-order valence-corrected chi connectivity index (χ4v) is 5.12. The lowest BCUT2D eigenvalue weighted by molar-refractivity contribution is 0.117. The van der Waals surface area contributed by atoms with Crippen LogP contribution in [0.1, 0.15) is 16.8 Å². The third kappa shape index (κ3) is 3.30. The number of aryl methyl sites for hydroxylation is 2. The highest BCUT2D eigenvalue weighted by molar-refractivity contribution is 6.30. The maximum absolute atomic E-state index is 13.4. The predicted octanol–water partition coefficient (Wildman–Crippen LogP) is 5.15. The lowest BCUT2D eigenvalue weighted by Gasteiger charge is -2.30. The number of imidazole rings is 2. The summed E-state index contributed by atoms with van der Waals surface area (Å²) in [5.41, 5.74) is 2.39. The first kappa shape index (κ1) is 22.3. The van der Waals surface area contributed by atoms with Crippen LogP contribution in [0, 0.1) is 0 Å². The summed E-state index contributed by atoms with van der Waals surface area (Å²) >= 11 is 6.15. The number of hydrogen-bond acceptors (Lipinski definition) is 3. The number of fused-ring (bicyclic) bond motifs is 2. The molecule has 0 bridgehead atoms. The van der Waals surface area contributed by atoms with Gasteiger partial charge in [0.2, 0.25) is 0 Å². The highest BCUT2D eigenvalue weighted by Crippen LogP contribution is 2.38. The Kier molecular flexibility index (Phi) is 5.10. The van der Waals surface area contributed by atoms with Gasteiger partial charge >= 0.3 is 5.69 Å². The van der Waals surface area contributed by atoms with Crippen LogP contribution in [0.5, 0.6) is 0 Å². The van der Waals surface area contributed by atoms with Gasteiger partial charge in [0, 0.05) is 19.1 Å². The van der Waals surface area contributed by atoms with E-state index in [4.69, 9.17) is 11.6 Å². The summed E-state index contributed by atoms with van der Waals surface area (Å²) in [5.74, 6) is 0. The van der Waals surface area contributed by atoms with E-state index in [-0.39, 0.29) is 5.69 Å². The molecule has 1 atom stereocenters. The van der Waals surface area contributed by atoms with Crippen LogP contribution in [0.15, 0.2) is 102 Å². The molecule has 0 aliphatic carbocycles. The average Bonchev–Trinajstić information content (AvgIpc) is 3.44. The summed E-state index contributed by atoms with van der Waals surface area (Å²) in [6.45, 7) is 0. The molecule has 0 radical (unpaired) electrons. The molecule has 0 amide bonds. The molecule has 1 unspecified atom stereocenters. The molecule has 0 saturated heterocycles. The molecule has 7 heteroatoms. The van der Waals surface area contributed by atoms with Gasteiger partial charge in [-0.1, -0.05) is 60.1 Å². The van der Waals surface area contributed by atoms with E-state index in [0.29, 0.717) is 27.4 Å². The minimum absolute atomic E-state index is 0.159. The van der Waals surface area contributed by atoms with Crippen LogP contribution in [0.25, 0.3) is 27.5 Å². The summed E-state index contributed by atoms with van der Waals surface area (Å²) in [5, 5.41) is 15.0. The second kappa shape index (κ2) is 8.22. The molecule has 36 heavy (non-hydrogen) atoms. The second-order valence-corrected chi connectivity index (χ2v) is 9.46. The fourth-order valence-electron chi connectivity index (χ4n) is 4.99. The maximum atomic E-state index is 13.4. The fraction of sp³-hybridized carbons (Fsp3) is 0.103. The Hall–Kier alpha value is -4.13. The van der Waals surface area contributed by atoms with Crippen molar-refractivity contribution in [1.82, 2.24) is 18.7 Å². The molecular formula is C29H23ClN4O2. The highest BCUT2D eigenvalue weighted by Gasteiger charge is 2.37. The number of rotatable bonds is 4. The van der Waals surface area contributed by atoms with Crippen molar-refractivity contribution in [2.24, 2.45) is 14.1 Å². The van der Waals surface area contributed by atoms with Crippen molar-refractivity contribution in [2.45, 2.75) is 5.60 Å². The van der Waals surface area contributed by atoms with Crippen LogP contribution in [0.4, 0.5) is 0 Å². The number of hydrogen-bond donors (Lipinski definition) is 1. The van der Waals surface area contributed by atoms with E-state index in [9.17, 15) is 9.90 Å². The number of aliphatic hydroxyl groups is 1. The van der Waals surface area contributed by atoms with Crippen LogP contribution in [-0.4, -0.2) is 23.8 Å². The van der Waals surface area contributed by atoms with Gasteiger partial charge in [-0.15, -0.1) is 0 Å². The Bertz CT molecular complexity index is 1810. The minimum Gasteiger partial charge on any atom is -0.374 e. The van der Waals surface area contributed by atoms with E-state index < -0.39 is 5.60 Å². The van der Waals surface area contributed by atoms with Gasteiger partial charge in [0.25, 0.3) is 0 Å². The molecule has 6 rings (SSSR count). The Morgan fingerprint density at radius 3 is 2.28 bits per heavy atom. The van der Waals surface area contributed by atoms with Gasteiger partial charge in [-0.3, -0.25) is 9.13 Å². The van der Waals surface area contributed by atoms with Crippen LogP contribution in [0.3, 0.4) is 0 Å². The monoisotopic (exact) mass is 494 g/mol. The molecule has 0 aliphatic heterocycles. The molecule has 0 spiro atoms. The van der Waals surface area contributed by atoms with Gasteiger partial charge in [-0.25, -0.2) is 9.78 Å². The molecule has 2 aromatic heterocycles. The second-order valence-electron chi connectivity index (χ2n) is 9.02. The van der Waals surface area contributed by atoms with Crippen LogP contribution in [0.2, 0.25) is 5.02 Å². The highest BCUT2D eigenvalue weighted by atomic mass is 35.5. The van der Waals surface area contributed by atoms with Crippen LogP contribution >= 0.6 is 11.6 Å². The number of nitrogens with zero attached hydrogens (tertiary/aromatic N) is 4. The quantitative estimate of drug-likeness (QED) is 0.368. The summed E-state index contributed by atoms with van der Waals surface area (Å²) < 4.78 is 5.11. The zero-order chi connectivity index (χ0) is 25.0. The van der Waals surface area contributed by atoms with E-state index in [1.807, 2.05) is 67.7 Å². The molecule has 0 saturated carbocycles. The number of benzene rings is 4. The Morgan fingerprint density at radius 2 is 1.56 bits per heavy atom. The molecule has 4 aromatic carbocycles. The standard InChI is InChI=1S/C29H23ClN4O2/c1-32-18-31-17-27(32)29(36,21-8-11-23(30)12-9-21)22-10-14-25-26(16-22)34(28(35)33(25)2)24-13-7-19-5-3-4-6-20(19)15-24/h3-18,36H,1-2H3.